The molecule has 9 nitrogen and oxygen atoms in total. The number of imide groups is 1. The number of alkyl halides is 3. The van der Waals surface area contributed by atoms with E-state index in [9.17, 15) is 31.2 Å². The minimum Gasteiger partial charge on any atom is -0.481 e. The third-order valence-electron chi connectivity index (χ3n) is 4.18. The SMILES string of the molecule is CC(CS(=O)(=O)CCCCCN1CC(=O)NC1=O)n1cc(OCC(F)(F)F)cn1. The first-order valence-electron chi connectivity index (χ1n) is 8.98. The van der Waals surface area contributed by atoms with Crippen molar-refractivity contribution < 1.29 is 35.9 Å². The molecule has 1 aromatic heterocycles. The van der Waals surface area contributed by atoms with Crippen molar-refractivity contribution in [2.75, 3.05) is 31.2 Å². The lowest BCUT2D eigenvalue weighted by Gasteiger charge is -2.14. The van der Waals surface area contributed by atoms with Crippen molar-refractivity contribution in [3.8, 4) is 5.75 Å². The lowest BCUT2D eigenvalue weighted by Crippen LogP contribution is -2.29. The van der Waals surface area contributed by atoms with Gasteiger partial charge in [-0.05, 0) is 19.8 Å². The van der Waals surface area contributed by atoms with E-state index in [1.165, 1.54) is 15.8 Å². The molecule has 3 amide bonds. The van der Waals surface area contributed by atoms with Gasteiger partial charge in [0.2, 0.25) is 5.91 Å². The zero-order valence-corrected chi connectivity index (χ0v) is 16.6. The Hall–Kier alpha value is -2.31. The summed E-state index contributed by atoms with van der Waals surface area (Å²) in [6.07, 6.45) is -0.585. The number of halogens is 3. The van der Waals surface area contributed by atoms with Gasteiger partial charge in [0.1, 0.15) is 6.54 Å². The van der Waals surface area contributed by atoms with Crippen LogP contribution in [0.15, 0.2) is 12.4 Å². The van der Waals surface area contributed by atoms with Crippen LogP contribution in [0.1, 0.15) is 32.2 Å². The van der Waals surface area contributed by atoms with Crippen molar-refractivity contribution in [1.82, 2.24) is 20.0 Å². The molecule has 1 saturated heterocycles. The summed E-state index contributed by atoms with van der Waals surface area (Å²) in [4.78, 5) is 23.8. The van der Waals surface area contributed by atoms with Crippen molar-refractivity contribution in [3.63, 3.8) is 0 Å². The molecule has 1 fully saturated rings. The first kappa shape index (κ1) is 23.0. The van der Waals surface area contributed by atoms with E-state index in [1.807, 2.05) is 0 Å². The highest BCUT2D eigenvalue weighted by Gasteiger charge is 2.29. The molecule has 0 aliphatic carbocycles. The fourth-order valence-electron chi connectivity index (χ4n) is 2.79. The summed E-state index contributed by atoms with van der Waals surface area (Å²) >= 11 is 0. The van der Waals surface area contributed by atoms with Crippen LogP contribution in [0.2, 0.25) is 0 Å². The van der Waals surface area contributed by atoms with E-state index in [2.05, 4.69) is 15.2 Å². The minimum atomic E-state index is -4.47. The van der Waals surface area contributed by atoms with Gasteiger partial charge in [-0.3, -0.25) is 14.8 Å². The molecule has 1 atom stereocenters. The molecule has 1 aliphatic heterocycles. The molecular formula is C16H23F3N4O5S. The van der Waals surface area contributed by atoms with E-state index in [4.69, 9.17) is 0 Å². The molecule has 164 valence electrons. The Morgan fingerprint density at radius 3 is 2.62 bits per heavy atom. The zero-order valence-electron chi connectivity index (χ0n) is 15.8. The number of nitrogens with one attached hydrogen (secondary N) is 1. The van der Waals surface area contributed by atoms with Crippen molar-refractivity contribution >= 4 is 21.8 Å². The van der Waals surface area contributed by atoms with Gasteiger partial charge in [0.15, 0.2) is 22.2 Å². The second-order valence-corrected chi connectivity index (χ2v) is 9.09. The Kier molecular flexibility index (Phi) is 7.49. The summed E-state index contributed by atoms with van der Waals surface area (Å²) in [5.74, 6) is -0.703. The monoisotopic (exact) mass is 440 g/mol. The van der Waals surface area contributed by atoms with Crippen LogP contribution in [0.25, 0.3) is 0 Å². The Morgan fingerprint density at radius 2 is 2.00 bits per heavy atom. The molecule has 1 unspecified atom stereocenters. The van der Waals surface area contributed by atoms with E-state index in [0.29, 0.717) is 25.8 Å². The van der Waals surface area contributed by atoms with Gasteiger partial charge >= 0.3 is 12.2 Å². The Balaban J connectivity index is 1.71. The fraction of sp³-hybridized carbons (Fsp3) is 0.688. The molecule has 0 saturated carbocycles. The smallest absolute Gasteiger partial charge is 0.422 e. The summed E-state index contributed by atoms with van der Waals surface area (Å²) in [5.41, 5.74) is 0. The molecule has 2 rings (SSSR count). The number of carbonyl (C=O) groups is 2. The molecule has 1 N–H and O–H groups in total. The molecule has 29 heavy (non-hydrogen) atoms. The average Bonchev–Trinajstić information content (AvgIpc) is 3.18. The van der Waals surface area contributed by atoms with Crippen molar-refractivity contribution in [1.29, 1.82) is 0 Å². The van der Waals surface area contributed by atoms with Gasteiger partial charge in [-0.25, -0.2) is 13.2 Å². The summed E-state index contributed by atoms with van der Waals surface area (Å²) in [5, 5.41) is 6.02. The maximum Gasteiger partial charge on any atom is 0.422 e. The van der Waals surface area contributed by atoms with Crippen LogP contribution >= 0.6 is 0 Å². The number of urea groups is 1. The van der Waals surface area contributed by atoms with Crippen molar-refractivity contribution in [3.05, 3.63) is 12.4 Å². The summed E-state index contributed by atoms with van der Waals surface area (Å²) in [7, 11) is -3.40. The predicted octanol–water partition coefficient (Wildman–Crippen LogP) is 1.52. The van der Waals surface area contributed by atoms with Gasteiger partial charge in [-0.15, -0.1) is 0 Å². The number of aromatic nitrogens is 2. The molecular weight excluding hydrogens is 417 g/mol. The van der Waals surface area contributed by atoms with Gasteiger partial charge in [-0.1, -0.05) is 6.42 Å². The fourth-order valence-corrected chi connectivity index (χ4v) is 4.49. The second kappa shape index (κ2) is 9.46. The second-order valence-electron chi connectivity index (χ2n) is 6.86. The van der Waals surface area contributed by atoms with E-state index >= 15 is 0 Å². The van der Waals surface area contributed by atoms with Gasteiger partial charge < -0.3 is 9.64 Å². The third-order valence-corrected chi connectivity index (χ3v) is 6.08. The number of rotatable bonds is 11. The van der Waals surface area contributed by atoms with Crippen LogP contribution in [0, 0.1) is 0 Å². The Labute approximate surface area is 166 Å². The minimum absolute atomic E-state index is 0.0210. The number of sulfone groups is 1. The van der Waals surface area contributed by atoms with E-state index < -0.39 is 34.7 Å². The molecule has 1 aliphatic rings. The average molecular weight is 440 g/mol. The highest BCUT2D eigenvalue weighted by atomic mass is 32.2. The normalized spacial score (nSPS) is 16.2. The van der Waals surface area contributed by atoms with Gasteiger partial charge in [0, 0.05) is 6.54 Å². The van der Waals surface area contributed by atoms with Crippen LogP contribution < -0.4 is 10.1 Å². The quantitative estimate of drug-likeness (QED) is 0.413. The number of carbonyl (C=O) groups excluding carboxylic acids is 2. The highest BCUT2D eigenvalue weighted by molar-refractivity contribution is 7.91. The molecule has 2 heterocycles. The van der Waals surface area contributed by atoms with E-state index in [-0.39, 0.29) is 29.7 Å². The number of hydrogen-bond acceptors (Lipinski definition) is 6. The first-order chi connectivity index (χ1) is 13.5. The van der Waals surface area contributed by atoms with Crippen LogP contribution in [-0.4, -0.2) is 72.4 Å². The number of ether oxygens (including phenoxy) is 1. The summed E-state index contributed by atoms with van der Waals surface area (Å²) in [6, 6.07) is -1.00. The summed E-state index contributed by atoms with van der Waals surface area (Å²) in [6.45, 7) is 0.551. The molecule has 1 aromatic rings. The lowest BCUT2D eigenvalue weighted by atomic mass is 10.2. The predicted molar refractivity (Wildman–Crippen MR) is 96.1 cm³/mol. The molecule has 0 bridgehead atoms. The Morgan fingerprint density at radius 1 is 1.28 bits per heavy atom. The number of unbranched alkanes of at least 4 members (excludes halogenated alkanes) is 2. The topological polar surface area (TPSA) is 111 Å². The molecule has 13 heteroatoms. The molecule has 0 radical (unpaired) electrons. The van der Waals surface area contributed by atoms with Crippen molar-refractivity contribution in [2.24, 2.45) is 0 Å². The third kappa shape index (κ3) is 7.91. The van der Waals surface area contributed by atoms with Crippen LogP contribution in [0.5, 0.6) is 5.75 Å². The van der Waals surface area contributed by atoms with Crippen molar-refractivity contribution in [2.45, 2.75) is 38.4 Å². The van der Waals surface area contributed by atoms with Crippen LogP contribution in [0.3, 0.4) is 0 Å². The van der Waals surface area contributed by atoms with E-state index in [0.717, 1.165) is 6.20 Å². The highest BCUT2D eigenvalue weighted by Crippen LogP contribution is 2.19. The van der Waals surface area contributed by atoms with Gasteiger partial charge in [0.05, 0.1) is 29.9 Å². The zero-order chi connectivity index (χ0) is 21.7. The molecule has 0 aromatic carbocycles. The largest absolute Gasteiger partial charge is 0.481 e. The van der Waals surface area contributed by atoms with Gasteiger partial charge in [0.25, 0.3) is 0 Å². The maximum absolute atomic E-state index is 12.3. The lowest BCUT2D eigenvalue weighted by molar-refractivity contribution is -0.153. The van der Waals surface area contributed by atoms with E-state index in [1.54, 1.807) is 6.92 Å². The Bertz CT molecular complexity index is 825. The molecule has 0 spiro atoms. The standard InChI is InChI=1S/C16H23F3N4O5S/c1-12(23-8-13(7-20-23)28-11-16(17,18)19)10-29(26,27)6-4-2-3-5-22-9-14(24)21-15(22)25/h7-8,12H,2-6,9-11H2,1H3,(H,21,24,25). The maximum atomic E-state index is 12.3. The van der Waals surface area contributed by atoms with Gasteiger partial charge in [-0.2, -0.15) is 18.3 Å². The van der Waals surface area contributed by atoms with Crippen LogP contribution in [0.4, 0.5) is 18.0 Å². The summed E-state index contributed by atoms with van der Waals surface area (Å²) < 4.78 is 66.8. The number of amides is 3. The first-order valence-corrected chi connectivity index (χ1v) is 10.8. The van der Waals surface area contributed by atoms with Crippen LogP contribution in [-0.2, 0) is 14.6 Å². The number of nitrogens with zero attached hydrogens (tertiary/aromatic N) is 3. The number of hydrogen-bond donors (Lipinski definition) is 1.